The van der Waals surface area contributed by atoms with E-state index in [-0.39, 0.29) is 17.3 Å². The SMILES string of the molecule is CC(C)=O.CCC.CCC(C)=O.CCC(C)=O. The lowest BCUT2D eigenvalue weighted by Crippen LogP contribution is -1.80. The lowest BCUT2D eigenvalue weighted by molar-refractivity contribution is -0.117. The fourth-order valence-corrected chi connectivity index (χ4v) is 0. The van der Waals surface area contributed by atoms with Gasteiger partial charge in [-0.1, -0.05) is 34.1 Å². The Bertz CT molecular complexity index is 166. The van der Waals surface area contributed by atoms with Crippen molar-refractivity contribution < 1.29 is 14.4 Å². The highest BCUT2D eigenvalue weighted by molar-refractivity contribution is 5.75. The molecule has 0 fully saturated rings. The Labute approximate surface area is 107 Å². The van der Waals surface area contributed by atoms with Gasteiger partial charge in [-0.25, -0.2) is 0 Å². The molecule has 0 aliphatic heterocycles. The third-order valence-electron chi connectivity index (χ3n) is 0.996. The topological polar surface area (TPSA) is 51.2 Å². The standard InChI is InChI=1S/2C4H8O.C3H6O.C3H8/c2*1-3-4(2)5;1-3(2)4;1-3-2/h2*3H2,1-2H3;1-2H3;3H2,1-2H3. The lowest BCUT2D eigenvalue weighted by Gasteiger charge is -1.71. The molecule has 0 amide bonds. The van der Waals surface area contributed by atoms with E-state index in [9.17, 15) is 14.4 Å². The fourth-order valence-electron chi connectivity index (χ4n) is 0. The summed E-state index contributed by atoms with van der Waals surface area (Å²) in [4.78, 5) is 29.1. The van der Waals surface area contributed by atoms with Gasteiger partial charge in [0.2, 0.25) is 0 Å². The molecular formula is C14H30O3. The van der Waals surface area contributed by atoms with Crippen LogP contribution < -0.4 is 0 Å². The molecule has 0 heterocycles. The van der Waals surface area contributed by atoms with Gasteiger partial charge in [-0.2, -0.15) is 0 Å². The molecule has 0 aromatic heterocycles. The number of rotatable bonds is 2. The molecule has 0 saturated carbocycles. The molecule has 0 radical (unpaired) electrons. The summed E-state index contributed by atoms with van der Waals surface area (Å²) in [6.07, 6.45) is 2.58. The first-order valence-corrected chi connectivity index (χ1v) is 6.15. The molecule has 104 valence electrons. The summed E-state index contributed by atoms with van der Waals surface area (Å²) >= 11 is 0. The molecule has 0 aromatic rings. The smallest absolute Gasteiger partial charge is 0.129 e. The minimum absolute atomic E-state index is 0.167. The first kappa shape index (κ1) is 25.0. The van der Waals surface area contributed by atoms with Crippen molar-refractivity contribution in [1.82, 2.24) is 0 Å². The van der Waals surface area contributed by atoms with Crippen molar-refractivity contribution in [3.63, 3.8) is 0 Å². The summed E-state index contributed by atoms with van der Waals surface area (Å²) in [6, 6.07) is 0. The Hall–Kier alpha value is -0.990. The molecule has 0 bridgehead atoms. The number of ketones is 3. The number of carbonyl (C=O) groups is 3. The van der Waals surface area contributed by atoms with Crippen molar-refractivity contribution in [2.75, 3.05) is 0 Å². The summed E-state index contributed by atoms with van der Waals surface area (Å²) in [6.45, 7) is 14.2. The van der Waals surface area contributed by atoms with Crippen molar-refractivity contribution >= 4 is 17.3 Å². The summed E-state index contributed by atoms with van der Waals surface area (Å²) in [5, 5.41) is 0. The van der Waals surface area contributed by atoms with Crippen LogP contribution in [0.1, 0.15) is 74.7 Å². The zero-order chi connectivity index (χ0) is 14.9. The van der Waals surface area contributed by atoms with Gasteiger partial charge in [0, 0.05) is 12.8 Å². The molecule has 0 rings (SSSR count). The average molecular weight is 246 g/mol. The Morgan fingerprint density at radius 2 is 0.706 bits per heavy atom. The van der Waals surface area contributed by atoms with E-state index in [0.29, 0.717) is 12.8 Å². The van der Waals surface area contributed by atoms with E-state index in [4.69, 9.17) is 0 Å². The summed E-state index contributed by atoms with van der Waals surface area (Å²) in [5.41, 5.74) is 0. The van der Waals surface area contributed by atoms with E-state index in [1.807, 2.05) is 13.8 Å². The van der Waals surface area contributed by atoms with E-state index in [1.54, 1.807) is 13.8 Å². The second-order valence-corrected chi connectivity index (χ2v) is 3.73. The highest BCUT2D eigenvalue weighted by Gasteiger charge is 1.77. The third kappa shape index (κ3) is 280. The Kier molecular flexibility index (Phi) is 35.8. The van der Waals surface area contributed by atoms with Gasteiger partial charge in [0.1, 0.15) is 17.3 Å². The monoisotopic (exact) mass is 246 g/mol. The van der Waals surface area contributed by atoms with Crippen LogP contribution in [0.3, 0.4) is 0 Å². The molecule has 0 aliphatic carbocycles. The maximum atomic E-state index is 9.81. The van der Waals surface area contributed by atoms with Crippen LogP contribution in [0.4, 0.5) is 0 Å². The molecule has 0 aliphatic rings. The van der Waals surface area contributed by atoms with Crippen LogP contribution >= 0.6 is 0 Å². The van der Waals surface area contributed by atoms with Crippen molar-refractivity contribution in [2.24, 2.45) is 0 Å². The maximum absolute atomic E-state index is 9.81. The van der Waals surface area contributed by atoms with Gasteiger partial charge >= 0.3 is 0 Å². The second-order valence-electron chi connectivity index (χ2n) is 3.73. The molecule has 0 saturated heterocycles. The van der Waals surface area contributed by atoms with E-state index >= 15 is 0 Å². The van der Waals surface area contributed by atoms with Gasteiger partial charge in [0.25, 0.3) is 0 Å². The minimum Gasteiger partial charge on any atom is -0.300 e. The van der Waals surface area contributed by atoms with Crippen LogP contribution in [0.2, 0.25) is 0 Å². The summed E-state index contributed by atoms with van der Waals surface area (Å²) < 4.78 is 0. The maximum Gasteiger partial charge on any atom is 0.129 e. The van der Waals surface area contributed by atoms with Crippen LogP contribution in [-0.2, 0) is 14.4 Å². The van der Waals surface area contributed by atoms with Crippen LogP contribution in [0.15, 0.2) is 0 Å². The lowest BCUT2D eigenvalue weighted by atomic mass is 10.4. The number of Topliss-reactive ketones (excluding diaryl/α,β-unsaturated/α-hetero) is 3. The summed E-state index contributed by atoms with van der Waals surface area (Å²) in [7, 11) is 0. The average Bonchev–Trinajstić information content (AvgIpc) is 2.19. The van der Waals surface area contributed by atoms with E-state index in [1.165, 1.54) is 20.3 Å². The zero-order valence-electron chi connectivity index (χ0n) is 12.8. The molecule has 0 aromatic carbocycles. The van der Waals surface area contributed by atoms with Crippen molar-refractivity contribution in [2.45, 2.75) is 74.7 Å². The normalized spacial score (nSPS) is 7.06. The van der Waals surface area contributed by atoms with Gasteiger partial charge in [-0.15, -0.1) is 0 Å². The predicted molar refractivity (Wildman–Crippen MR) is 74.3 cm³/mol. The molecule has 0 N–H and O–H groups in total. The Morgan fingerprint density at radius 1 is 0.647 bits per heavy atom. The number of hydrogen-bond donors (Lipinski definition) is 0. The van der Waals surface area contributed by atoms with E-state index in [0.717, 1.165) is 0 Å². The van der Waals surface area contributed by atoms with Gasteiger partial charge in [0.15, 0.2) is 0 Å². The quantitative estimate of drug-likeness (QED) is 0.740. The molecule has 0 spiro atoms. The third-order valence-corrected chi connectivity index (χ3v) is 0.996. The van der Waals surface area contributed by atoms with Gasteiger partial charge < -0.3 is 14.4 Å². The van der Waals surface area contributed by atoms with Crippen molar-refractivity contribution in [3.05, 3.63) is 0 Å². The van der Waals surface area contributed by atoms with Crippen molar-refractivity contribution in [3.8, 4) is 0 Å². The van der Waals surface area contributed by atoms with Gasteiger partial charge in [-0.3, -0.25) is 0 Å². The molecule has 3 nitrogen and oxygen atoms in total. The molecule has 0 unspecified atom stereocenters. The largest absolute Gasteiger partial charge is 0.300 e. The van der Waals surface area contributed by atoms with Crippen LogP contribution in [-0.4, -0.2) is 17.3 Å². The minimum atomic E-state index is 0.167. The predicted octanol–water partition coefficient (Wildman–Crippen LogP) is 3.98. The number of carbonyl (C=O) groups excluding carboxylic acids is 3. The van der Waals surface area contributed by atoms with Crippen LogP contribution in [0, 0.1) is 0 Å². The molecule has 0 atom stereocenters. The fraction of sp³-hybridized carbons (Fsp3) is 0.786. The Morgan fingerprint density at radius 3 is 0.706 bits per heavy atom. The van der Waals surface area contributed by atoms with Gasteiger partial charge in [-0.05, 0) is 27.7 Å². The second kappa shape index (κ2) is 24.3. The van der Waals surface area contributed by atoms with Crippen LogP contribution in [0.25, 0.3) is 0 Å². The number of hydrogen-bond acceptors (Lipinski definition) is 3. The molecule has 17 heavy (non-hydrogen) atoms. The Balaban J connectivity index is -0.0000000676. The first-order valence-electron chi connectivity index (χ1n) is 6.15. The zero-order valence-corrected chi connectivity index (χ0v) is 12.8. The molecular weight excluding hydrogens is 216 g/mol. The summed E-state index contributed by atoms with van der Waals surface area (Å²) in [5.74, 6) is 0.676. The highest BCUT2D eigenvalue weighted by Crippen LogP contribution is 1.72. The van der Waals surface area contributed by atoms with Crippen molar-refractivity contribution in [1.29, 1.82) is 0 Å². The molecule has 3 heteroatoms. The highest BCUT2D eigenvalue weighted by atomic mass is 16.1. The van der Waals surface area contributed by atoms with E-state index < -0.39 is 0 Å². The first-order chi connectivity index (χ1) is 7.69. The van der Waals surface area contributed by atoms with E-state index in [2.05, 4.69) is 13.8 Å². The van der Waals surface area contributed by atoms with Crippen LogP contribution in [0.5, 0.6) is 0 Å². The van der Waals surface area contributed by atoms with Gasteiger partial charge in [0.05, 0.1) is 0 Å².